The molecule has 9 heteroatoms. The molecule has 0 aliphatic carbocycles. The van der Waals surface area contributed by atoms with Crippen molar-refractivity contribution < 1.29 is 17.9 Å². The highest BCUT2D eigenvalue weighted by Gasteiger charge is 2.20. The van der Waals surface area contributed by atoms with Gasteiger partial charge in [-0.05, 0) is 54.8 Å². The number of nitrogens with zero attached hydrogens (tertiary/aromatic N) is 3. The summed E-state index contributed by atoms with van der Waals surface area (Å²) < 4.78 is 39.3. The third kappa shape index (κ3) is 4.80. The van der Waals surface area contributed by atoms with Gasteiger partial charge in [0, 0.05) is 26.1 Å². The molecule has 0 spiro atoms. The van der Waals surface area contributed by atoms with Crippen molar-refractivity contribution in [1.82, 2.24) is 8.87 Å². The highest BCUT2D eigenvalue weighted by molar-refractivity contribution is 7.89. The van der Waals surface area contributed by atoms with Crippen molar-refractivity contribution in [3.05, 3.63) is 58.7 Å². The molecule has 0 amide bonds. The summed E-state index contributed by atoms with van der Waals surface area (Å²) in [6.07, 6.45) is 2.23. The van der Waals surface area contributed by atoms with Gasteiger partial charge in [-0.15, -0.1) is 11.3 Å². The van der Waals surface area contributed by atoms with Gasteiger partial charge < -0.3 is 14.0 Å². The standard InChI is InChI=1S/C23H27N3O4S2/c1-25(2)32(27,28)21-12-6-17(7-13-21)22-16-31-23(26(22)15-20-5-4-14-30-20)24-18-8-10-19(29-3)11-9-18/h6-13,16,20H,4-5,14-15H2,1-3H3. The molecule has 32 heavy (non-hydrogen) atoms. The van der Waals surface area contributed by atoms with E-state index in [0.29, 0.717) is 6.54 Å². The van der Waals surface area contributed by atoms with Crippen LogP contribution in [-0.4, -0.2) is 51.2 Å². The van der Waals surface area contributed by atoms with Crippen molar-refractivity contribution in [3.8, 4) is 17.0 Å². The van der Waals surface area contributed by atoms with Gasteiger partial charge in [0.15, 0.2) is 4.80 Å². The van der Waals surface area contributed by atoms with Crippen molar-refractivity contribution in [2.45, 2.75) is 30.4 Å². The van der Waals surface area contributed by atoms with Crippen molar-refractivity contribution in [2.24, 2.45) is 4.99 Å². The van der Waals surface area contributed by atoms with Crippen molar-refractivity contribution in [3.63, 3.8) is 0 Å². The SMILES string of the molecule is COc1ccc(N=c2scc(-c3ccc(S(=O)(=O)N(C)C)cc3)n2CC2CCCO2)cc1. The highest BCUT2D eigenvalue weighted by atomic mass is 32.2. The minimum absolute atomic E-state index is 0.145. The molecule has 1 atom stereocenters. The molecule has 0 N–H and O–H groups in total. The average Bonchev–Trinajstić information content (AvgIpc) is 3.45. The number of hydrogen-bond acceptors (Lipinski definition) is 6. The zero-order valence-electron chi connectivity index (χ0n) is 18.4. The molecule has 1 aliphatic rings. The Hall–Kier alpha value is -2.46. The minimum atomic E-state index is -3.47. The molecule has 3 aromatic rings. The number of hydrogen-bond donors (Lipinski definition) is 0. The number of benzene rings is 2. The van der Waals surface area contributed by atoms with E-state index in [4.69, 9.17) is 14.5 Å². The number of ether oxygens (including phenoxy) is 2. The van der Waals surface area contributed by atoms with E-state index in [-0.39, 0.29) is 11.0 Å². The first-order chi connectivity index (χ1) is 15.4. The molecule has 1 unspecified atom stereocenters. The smallest absolute Gasteiger partial charge is 0.242 e. The lowest BCUT2D eigenvalue weighted by Crippen LogP contribution is -2.24. The van der Waals surface area contributed by atoms with E-state index < -0.39 is 10.0 Å². The largest absolute Gasteiger partial charge is 0.497 e. The normalized spacial score (nSPS) is 17.2. The van der Waals surface area contributed by atoms with Gasteiger partial charge in [0.1, 0.15) is 5.75 Å². The van der Waals surface area contributed by atoms with E-state index in [1.165, 1.54) is 18.4 Å². The molecule has 0 bridgehead atoms. The summed E-state index contributed by atoms with van der Waals surface area (Å²) >= 11 is 1.56. The van der Waals surface area contributed by atoms with Crippen LogP contribution in [0.15, 0.2) is 63.8 Å². The van der Waals surface area contributed by atoms with Gasteiger partial charge >= 0.3 is 0 Å². The molecule has 170 valence electrons. The molecular formula is C23H27N3O4S2. The summed E-state index contributed by atoms with van der Waals surface area (Å²) in [6.45, 7) is 1.48. The van der Waals surface area contributed by atoms with Crippen molar-refractivity contribution >= 4 is 27.0 Å². The molecule has 1 aliphatic heterocycles. The molecule has 0 saturated carbocycles. The minimum Gasteiger partial charge on any atom is -0.497 e. The van der Waals surface area contributed by atoms with Crippen LogP contribution >= 0.6 is 11.3 Å². The molecular weight excluding hydrogens is 446 g/mol. The number of aromatic nitrogens is 1. The number of rotatable bonds is 7. The Morgan fingerprint density at radius 2 is 1.88 bits per heavy atom. The van der Waals surface area contributed by atoms with Crippen LogP contribution in [0, 0.1) is 0 Å². The third-order valence-electron chi connectivity index (χ3n) is 5.43. The number of methoxy groups -OCH3 is 1. The molecule has 2 aromatic carbocycles. The van der Waals surface area contributed by atoms with Crippen LogP contribution in [-0.2, 0) is 21.3 Å². The zero-order chi connectivity index (χ0) is 22.7. The van der Waals surface area contributed by atoms with E-state index in [1.54, 1.807) is 30.6 Å². The predicted octanol–water partition coefficient (Wildman–Crippen LogP) is 3.89. The topological polar surface area (TPSA) is 73.1 Å². The van der Waals surface area contributed by atoms with E-state index >= 15 is 0 Å². The molecule has 4 rings (SSSR count). The number of thiazole rings is 1. The third-order valence-corrected chi connectivity index (χ3v) is 8.13. The second-order valence-corrected chi connectivity index (χ2v) is 10.8. The zero-order valence-corrected chi connectivity index (χ0v) is 20.0. The summed E-state index contributed by atoms with van der Waals surface area (Å²) in [6, 6.07) is 14.6. The summed E-state index contributed by atoms with van der Waals surface area (Å²) in [7, 11) is 1.24. The monoisotopic (exact) mass is 473 g/mol. The van der Waals surface area contributed by atoms with Gasteiger partial charge in [-0.25, -0.2) is 17.7 Å². The summed E-state index contributed by atoms with van der Waals surface area (Å²) in [5.41, 5.74) is 2.77. The van der Waals surface area contributed by atoms with Gasteiger partial charge in [-0.1, -0.05) is 12.1 Å². The Kier molecular flexibility index (Phi) is 6.80. The molecule has 1 saturated heterocycles. The first kappa shape index (κ1) is 22.7. The fourth-order valence-electron chi connectivity index (χ4n) is 3.59. The van der Waals surface area contributed by atoms with Crippen LogP contribution in [0.1, 0.15) is 12.8 Å². The van der Waals surface area contributed by atoms with Crippen LogP contribution in [0.2, 0.25) is 0 Å². The Morgan fingerprint density at radius 1 is 1.16 bits per heavy atom. The Morgan fingerprint density at radius 3 is 2.47 bits per heavy atom. The molecule has 1 fully saturated rings. The second kappa shape index (κ2) is 9.58. The first-order valence-electron chi connectivity index (χ1n) is 10.4. The van der Waals surface area contributed by atoms with Gasteiger partial charge in [0.05, 0.1) is 36.0 Å². The maximum atomic E-state index is 12.4. The second-order valence-electron chi connectivity index (χ2n) is 7.77. The average molecular weight is 474 g/mol. The lowest BCUT2D eigenvalue weighted by Gasteiger charge is -2.15. The molecule has 2 heterocycles. The fourth-order valence-corrected chi connectivity index (χ4v) is 5.43. The van der Waals surface area contributed by atoms with Crippen molar-refractivity contribution in [1.29, 1.82) is 0 Å². The maximum absolute atomic E-state index is 12.4. The molecule has 1 aromatic heterocycles. The molecule has 0 radical (unpaired) electrons. The van der Waals surface area contributed by atoms with Crippen LogP contribution in [0.4, 0.5) is 5.69 Å². The van der Waals surface area contributed by atoms with E-state index in [2.05, 4.69) is 9.95 Å². The Balaban J connectivity index is 1.74. The van der Waals surface area contributed by atoms with Gasteiger partial charge in [-0.3, -0.25) is 0 Å². The van der Waals surface area contributed by atoms with E-state index in [1.807, 2.05) is 36.4 Å². The fraction of sp³-hybridized carbons (Fsp3) is 0.348. The predicted molar refractivity (Wildman–Crippen MR) is 126 cm³/mol. The van der Waals surface area contributed by atoms with Crippen LogP contribution in [0.3, 0.4) is 0 Å². The first-order valence-corrected chi connectivity index (χ1v) is 12.7. The molecule has 7 nitrogen and oxygen atoms in total. The van der Waals surface area contributed by atoms with E-state index in [0.717, 1.165) is 46.9 Å². The summed E-state index contributed by atoms with van der Waals surface area (Å²) in [5, 5.41) is 2.06. The van der Waals surface area contributed by atoms with Crippen molar-refractivity contribution in [2.75, 3.05) is 27.8 Å². The Bertz CT molecular complexity index is 1220. The summed E-state index contributed by atoms with van der Waals surface area (Å²) in [4.78, 5) is 5.99. The quantitative estimate of drug-likeness (QED) is 0.522. The van der Waals surface area contributed by atoms with E-state index in [9.17, 15) is 8.42 Å². The van der Waals surface area contributed by atoms with Crippen LogP contribution in [0.25, 0.3) is 11.3 Å². The van der Waals surface area contributed by atoms with Crippen LogP contribution < -0.4 is 9.54 Å². The summed E-state index contributed by atoms with van der Waals surface area (Å²) in [5.74, 6) is 0.788. The Labute approximate surface area is 192 Å². The maximum Gasteiger partial charge on any atom is 0.242 e. The number of sulfonamides is 1. The lowest BCUT2D eigenvalue weighted by molar-refractivity contribution is 0.0968. The van der Waals surface area contributed by atoms with Gasteiger partial charge in [0.2, 0.25) is 10.0 Å². The van der Waals surface area contributed by atoms with Crippen LogP contribution in [0.5, 0.6) is 5.75 Å². The highest BCUT2D eigenvalue weighted by Crippen LogP contribution is 2.26. The van der Waals surface area contributed by atoms with Gasteiger partial charge in [0.25, 0.3) is 0 Å². The van der Waals surface area contributed by atoms with Gasteiger partial charge in [-0.2, -0.15) is 0 Å². The lowest BCUT2D eigenvalue weighted by atomic mass is 10.1.